The van der Waals surface area contributed by atoms with Gasteiger partial charge in [-0.3, -0.25) is 0 Å². The maximum Gasteiger partial charge on any atom is 0.292 e. The lowest BCUT2D eigenvalue weighted by Crippen LogP contribution is -2.28. The molecule has 0 amide bonds. The van der Waals surface area contributed by atoms with E-state index in [1.807, 2.05) is 48.5 Å². The van der Waals surface area contributed by atoms with E-state index in [2.05, 4.69) is 52.0 Å². The molecule has 0 spiro atoms. The summed E-state index contributed by atoms with van der Waals surface area (Å²) >= 11 is 0. The average Bonchev–Trinajstić information content (AvgIpc) is 2.75. The third-order valence-corrected chi connectivity index (χ3v) is 5.75. The summed E-state index contributed by atoms with van der Waals surface area (Å²) < 4.78 is 9.83. The van der Waals surface area contributed by atoms with Crippen LogP contribution in [0.15, 0.2) is 72.8 Å². The SMILES string of the molecule is CC(C)(c1ccc(OC#N)cc1)c1ccccc1C(C)(C)c1ccc(OC#N)cc1. The first-order valence-corrected chi connectivity index (χ1v) is 9.73. The Morgan fingerprint density at radius 1 is 0.567 bits per heavy atom. The predicted molar refractivity (Wildman–Crippen MR) is 116 cm³/mol. The lowest BCUT2D eigenvalue weighted by molar-refractivity contribution is 0.505. The van der Waals surface area contributed by atoms with Gasteiger partial charge in [0, 0.05) is 10.8 Å². The first kappa shape index (κ1) is 21.0. The van der Waals surface area contributed by atoms with Crippen LogP contribution in [0.5, 0.6) is 11.5 Å². The minimum absolute atomic E-state index is 0.261. The third kappa shape index (κ3) is 4.00. The molecule has 0 bridgehead atoms. The monoisotopic (exact) mass is 396 g/mol. The second-order valence-electron chi connectivity index (χ2n) is 8.23. The van der Waals surface area contributed by atoms with Crippen LogP contribution in [0.3, 0.4) is 0 Å². The molecular formula is C26H24N2O2. The maximum absolute atomic E-state index is 8.71. The van der Waals surface area contributed by atoms with Crippen molar-refractivity contribution in [3.05, 3.63) is 95.1 Å². The second kappa shape index (κ2) is 8.31. The molecule has 0 saturated carbocycles. The first-order valence-electron chi connectivity index (χ1n) is 9.73. The Morgan fingerprint density at radius 3 is 1.20 bits per heavy atom. The fraction of sp³-hybridized carbons (Fsp3) is 0.231. The van der Waals surface area contributed by atoms with E-state index in [9.17, 15) is 0 Å². The maximum atomic E-state index is 8.71. The van der Waals surface area contributed by atoms with E-state index < -0.39 is 0 Å². The summed E-state index contributed by atoms with van der Waals surface area (Å²) in [5.74, 6) is 1.07. The molecule has 0 unspecified atom stereocenters. The Kier molecular flexibility index (Phi) is 5.81. The molecule has 150 valence electrons. The van der Waals surface area contributed by atoms with Crippen LogP contribution in [0.4, 0.5) is 0 Å². The molecule has 0 N–H and O–H groups in total. The molecule has 0 heterocycles. The molecule has 0 aromatic heterocycles. The third-order valence-electron chi connectivity index (χ3n) is 5.75. The lowest BCUT2D eigenvalue weighted by atomic mass is 9.68. The number of rotatable bonds is 6. The molecular weight excluding hydrogens is 372 g/mol. The fourth-order valence-corrected chi connectivity index (χ4v) is 3.87. The van der Waals surface area contributed by atoms with Crippen molar-refractivity contribution in [2.24, 2.45) is 0 Å². The summed E-state index contributed by atoms with van der Waals surface area (Å²) in [7, 11) is 0. The van der Waals surface area contributed by atoms with Gasteiger partial charge in [-0.1, -0.05) is 76.2 Å². The smallest absolute Gasteiger partial charge is 0.292 e. The molecule has 3 rings (SSSR count). The molecule has 0 fully saturated rings. The van der Waals surface area contributed by atoms with E-state index in [1.54, 1.807) is 12.5 Å². The standard InChI is InChI=1S/C26H24N2O2/c1-25(2,19-9-13-21(14-10-19)29-17-27)23-7-5-6-8-24(23)26(3,4)20-11-15-22(16-12-20)30-18-28/h5-16H,1-4H3. The summed E-state index contributed by atoms with van der Waals surface area (Å²) in [6, 6.07) is 23.8. The number of hydrogen-bond donors (Lipinski definition) is 0. The highest BCUT2D eigenvalue weighted by Crippen LogP contribution is 2.41. The van der Waals surface area contributed by atoms with Crippen LogP contribution < -0.4 is 9.47 Å². The number of benzene rings is 3. The quantitative estimate of drug-likeness (QED) is 0.475. The van der Waals surface area contributed by atoms with Gasteiger partial charge in [-0.25, -0.2) is 0 Å². The molecule has 0 radical (unpaired) electrons. The first-order chi connectivity index (χ1) is 14.3. The zero-order valence-electron chi connectivity index (χ0n) is 17.6. The van der Waals surface area contributed by atoms with Crippen molar-refractivity contribution in [3.63, 3.8) is 0 Å². The zero-order chi connectivity index (χ0) is 21.8. The number of ether oxygens (including phenoxy) is 2. The Hall–Kier alpha value is -3.76. The Labute approximate surface area is 177 Å². The van der Waals surface area contributed by atoms with Crippen LogP contribution in [0.25, 0.3) is 0 Å². The van der Waals surface area contributed by atoms with Gasteiger partial charge in [0.25, 0.3) is 12.5 Å². The average molecular weight is 396 g/mol. The largest absolute Gasteiger partial charge is 0.388 e. The van der Waals surface area contributed by atoms with Crippen molar-refractivity contribution in [2.45, 2.75) is 38.5 Å². The van der Waals surface area contributed by atoms with Gasteiger partial charge in [-0.05, 0) is 46.5 Å². The summed E-state index contributed by atoms with van der Waals surface area (Å²) in [6.45, 7) is 8.80. The highest BCUT2D eigenvalue weighted by atomic mass is 16.5. The number of hydrogen-bond acceptors (Lipinski definition) is 4. The molecule has 0 aliphatic carbocycles. The van der Waals surface area contributed by atoms with Gasteiger partial charge < -0.3 is 9.47 Å². The Bertz CT molecular complexity index is 1010. The van der Waals surface area contributed by atoms with Crippen LogP contribution in [-0.4, -0.2) is 0 Å². The summed E-state index contributed by atoms with van der Waals surface area (Å²) in [5.41, 5.74) is 4.19. The van der Waals surface area contributed by atoms with Gasteiger partial charge in [0.05, 0.1) is 0 Å². The number of nitrogens with zero attached hydrogens (tertiary/aromatic N) is 2. The van der Waals surface area contributed by atoms with Gasteiger partial charge >= 0.3 is 0 Å². The highest BCUT2D eigenvalue weighted by Gasteiger charge is 2.32. The van der Waals surface area contributed by atoms with Crippen molar-refractivity contribution in [1.29, 1.82) is 10.5 Å². The van der Waals surface area contributed by atoms with E-state index in [1.165, 1.54) is 11.1 Å². The Balaban J connectivity index is 2.04. The van der Waals surface area contributed by atoms with Crippen molar-refractivity contribution in [2.75, 3.05) is 0 Å². The van der Waals surface area contributed by atoms with Crippen molar-refractivity contribution >= 4 is 0 Å². The molecule has 0 aliphatic rings. The van der Waals surface area contributed by atoms with E-state index in [4.69, 9.17) is 20.0 Å². The second-order valence-corrected chi connectivity index (χ2v) is 8.23. The topological polar surface area (TPSA) is 66.0 Å². The van der Waals surface area contributed by atoms with Gasteiger partial charge in [-0.15, -0.1) is 10.5 Å². The van der Waals surface area contributed by atoms with E-state index in [0.29, 0.717) is 11.5 Å². The van der Waals surface area contributed by atoms with Crippen molar-refractivity contribution in [3.8, 4) is 24.0 Å². The van der Waals surface area contributed by atoms with Gasteiger partial charge in [0.1, 0.15) is 11.5 Å². The van der Waals surface area contributed by atoms with Crippen LogP contribution in [-0.2, 0) is 10.8 Å². The normalized spacial score (nSPS) is 11.3. The van der Waals surface area contributed by atoms with Crippen molar-refractivity contribution in [1.82, 2.24) is 0 Å². The molecule has 30 heavy (non-hydrogen) atoms. The predicted octanol–water partition coefficient (Wildman–Crippen LogP) is 6.06. The molecule has 0 atom stereocenters. The minimum atomic E-state index is -0.261. The van der Waals surface area contributed by atoms with Crippen LogP contribution in [0.1, 0.15) is 49.9 Å². The molecule has 4 heteroatoms. The van der Waals surface area contributed by atoms with Crippen LogP contribution in [0.2, 0.25) is 0 Å². The minimum Gasteiger partial charge on any atom is -0.388 e. The zero-order valence-corrected chi connectivity index (χ0v) is 17.6. The summed E-state index contributed by atoms with van der Waals surface area (Å²) in [4.78, 5) is 0. The Morgan fingerprint density at radius 2 is 0.900 bits per heavy atom. The van der Waals surface area contributed by atoms with Gasteiger partial charge in [0.2, 0.25) is 0 Å². The fourth-order valence-electron chi connectivity index (χ4n) is 3.87. The molecule has 3 aromatic carbocycles. The summed E-state index contributed by atoms with van der Waals surface area (Å²) in [6.07, 6.45) is 3.41. The molecule has 4 nitrogen and oxygen atoms in total. The molecule has 0 saturated heterocycles. The molecule has 0 aliphatic heterocycles. The van der Waals surface area contributed by atoms with E-state index in [-0.39, 0.29) is 10.8 Å². The van der Waals surface area contributed by atoms with E-state index in [0.717, 1.165) is 11.1 Å². The van der Waals surface area contributed by atoms with E-state index >= 15 is 0 Å². The van der Waals surface area contributed by atoms with Gasteiger partial charge in [0.15, 0.2) is 0 Å². The lowest BCUT2D eigenvalue weighted by Gasteiger charge is -2.35. The summed E-state index contributed by atoms with van der Waals surface area (Å²) in [5, 5.41) is 17.4. The number of nitriles is 2. The molecule has 3 aromatic rings. The van der Waals surface area contributed by atoms with Crippen molar-refractivity contribution < 1.29 is 9.47 Å². The highest BCUT2D eigenvalue weighted by molar-refractivity contribution is 5.50. The van der Waals surface area contributed by atoms with Crippen LogP contribution in [0, 0.1) is 23.0 Å². The van der Waals surface area contributed by atoms with Gasteiger partial charge in [-0.2, -0.15) is 0 Å². The van der Waals surface area contributed by atoms with Crippen LogP contribution >= 0.6 is 0 Å².